The zero-order valence-corrected chi connectivity index (χ0v) is 10.2. The van der Waals surface area contributed by atoms with Crippen LogP contribution in [0.2, 0.25) is 0 Å². The Balaban J connectivity index is 0.00000144. The standard InChI is InChI=1S/C11H7N3OS.ClH/c15-13-7-10-8-16-11(14-10)4-3-9-2-1-5-12-6-9;/h1-2,5-8,15H;1H/b13-7-;. The van der Waals surface area contributed by atoms with Crippen LogP contribution in [0.4, 0.5) is 0 Å². The maximum Gasteiger partial charge on any atom is 0.167 e. The van der Waals surface area contributed by atoms with Gasteiger partial charge in [0, 0.05) is 23.3 Å². The molecule has 2 rings (SSSR count). The summed E-state index contributed by atoms with van der Waals surface area (Å²) in [4.78, 5) is 8.09. The van der Waals surface area contributed by atoms with Gasteiger partial charge in [-0.3, -0.25) is 4.98 Å². The van der Waals surface area contributed by atoms with Gasteiger partial charge in [0.05, 0.1) is 11.9 Å². The molecule has 0 amide bonds. The quantitative estimate of drug-likeness (QED) is 0.372. The molecule has 0 bridgehead atoms. The van der Waals surface area contributed by atoms with Crippen LogP contribution < -0.4 is 0 Å². The molecule has 2 aromatic heterocycles. The van der Waals surface area contributed by atoms with Gasteiger partial charge in [-0.15, -0.1) is 23.7 Å². The molecule has 4 nitrogen and oxygen atoms in total. The third kappa shape index (κ3) is 3.87. The number of hydrogen-bond donors (Lipinski definition) is 1. The first-order valence-electron chi connectivity index (χ1n) is 4.43. The lowest BCUT2D eigenvalue weighted by atomic mass is 10.3. The number of aromatic nitrogens is 2. The molecule has 0 aliphatic heterocycles. The summed E-state index contributed by atoms with van der Waals surface area (Å²) in [6, 6.07) is 3.71. The second-order valence-electron chi connectivity index (χ2n) is 2.81. The maximum absolute atomic E-state index is 8.33. The van der Waals surface area contributed by atoms with Crippen LogP contribution in [0.15, 0.2) is 35.1 Å². The predicted octanol–water partition coefficient (Wildman–Crippen LogP) is 2.17. The van der Waals surface area contributed by atoms with Gasteiger partial charge in [-0.1, -0.05) is 11.1 Å². The Morgan fingerprint density at radius 2 is 2.29 bits per heavy atom. The number of thiazole rings is 1. The van der Waals surface area contributed by atoms with Crippen molar-refractivity contribution >= 4 is 30.0 Å². The molecule has 17 heavy (non-hydrogen) atoms. The van der Waals surface area contributed by atoms with Crippen molar-refractivity contribution in [3.63, 3.8) is 0 Å². The number of hydrogen-bond acceptors (Lipinski definition) is 5. The molecule has 0 aliphatic carbocycles. The highest BCUT2D eigenvalue weighted by atomic mass is 35.5. The van der Waals surface area contributed by atoms with E-state index in [2.05, 4.69) is 27.0 Å². The number of oxime groups is 1. The Labute approximate surface area is 108 Å². The molecule has 0 saturated carbocycles. The highest BCUT2D eigenvalue weighted by molar-refractivity contribution is 7.10. The van der Waals surface area contributed by atoms with Gasteiger partial charge in [0.1, 0.15) is 0 Å². The summed E-state index contributed by atoms with van der Waals surface area (Å²) in [5.74, 6) is 5.86. The highest BCUT2D eigenvalue weighted by Crippen LogP contribution is 2.06. The van der Waals surface area contributed by atoms with Crippen molar-refractivity contribution in [1.82, 2.24) is 9.97 Å². The largest absolute Gasteiger partial charge is 0.411 e. The van der Waals surface area contributed by atoms with E-state index in [1.54, 1.807) is 17.8 Å². The lowest BCUT2D eigenvalue weighted by molar-refractivity contribution is 0.321. The fourth-order valence-corrected chi connectivity index (χ4v) is 1.64. The molecule has 1 N–H and O–H groups in total. The third-order valence-corrected chi connectivity index (χ3v) is 2.46. The van der Waals surface area contributed by atoms with E-state index in [1.165, 1.54) is 17.6 Å². The molecule has 2 heterocycles. The number of nitrogens with zero attached hydrogens (tertiary/aromatic N) is 3. The molecular weight excluding hydrogens is 258 g/mol. The molecule has 86 valence electrons. The molecule has 0 atom stereocenters. The topological polar surface area (TPSA) is 58.4 Å². The fraction of sp³-hybridized carbons (Fsp3) is 0. The van der Waals surface area contributed by atoms with Gasteiger partial charge in [0.15, 0.2) is 5.01 Å². The van der Waals surface area contributed by atoms with E-state index in [9.17, 15) is 0 Å². The van der Waals surface area contributed by atoms with Crippen LogP contribution in [-0.4, -0.2) is 21.4 Å². The van der Waals surface area contributed by atoms with Crippen LogP contribution >= 0.6 is 23.7 Å². The van der Waals surface area contributed by atoms with E-state index < -0.39 is 0 Å². The van der Waals surface area contributed by atoms with Crippen LogP contribution in [0, 0.1) is 11.8 Å². The number of rotatable bonds is 1. The average molecular weight is 266 g/mol. The summed E-state index contributed by atoms with van der Waals surface area (Å²) in [5.41, 5.74) is 1.44. The van der Waals surface area contributed by atoms with Crippen molar-refractivity contribution in [2.45, 2.75) is 0 Å². The summed E-state index contributed by atoms with van der Waals surface area (Å²) in [7, 11) is 0. The molecule has 0 radical (unpaired) electrons. The molecule has 0 aromatic carbocycles. The van der Waals surface area contributed by atoms with Gasteiger partial charge in [-0.25, -0.2) is 4.98 Å². The first kappa shape index (κ1) is 13.2. The van der Waals surface area contributed by atoms with Crippen molar-refractivity contribution < 1.29 is 5.21 Å². The Hall–Kier alpha value is -1.90. The molecule has 6 heteroatoms. The summed E-state index contributed by atoms with van der Waals surface area (Å²) in [6.45, 7) is 0. The molecule has 0 unspecified atom stereocenters. The molecule has 0 spiro atoms. The van der Waals surface area contributed by atoms with Gasteiger partial charge in [0.25, 0.3) is 0 Å². The van der Waals surface area contributed by atoms with Gasteiger partial charge in [-0.05, 0) is 18.1 Å². The van der Waals surface area contributed by atoms with Crippen LogP contribution in [0.25, 0.3) is 0 Å². The predicted molar refractivity (Wildman–Crippen MR) is 69.0 cm³/mol. The third-order valence-electron chi connectivity index (χ3n) is 1.69. The van der Waals surface area contributed by atoms with Crippen molar-refractivity contribution in [3.8, 4) is 11.8 Å². The van der Waals surface area contributed by atoms with Crippen molar-refractivity contribution in [2.75, 3.05) is 0 Å². The monoisotopic (exact) mass is 265 g/mol. The Bertz CT molecular complexity index is 557. The van der Waals surface area contributed by atoms with Crippen molar-refractivity contribution in [1.29, 1.82) is 0 Å². The first-order valence-corrected chi connectivity index (χ1v) is 5.31. The molecule has 0 fully saturated rings. The summed E-state index contributed by atoms with van der Waals surface area (Å²) < 4.78 is 0. The van der Waals surface area contributed by atoms with E-state index in [1.807, 2.05) is 12.1 Å². The van der Waals surface area contributed by atoms with E-state index in [-0.39, 0.29) is 12.4 Å². The van der Waals surface area contributed by atoms with Crippen molar-refractivity contribution in [2.24, 2.45) is 5.16 Å². The lowest BCUT2D eigenvalue weighted by Crippen LogP contribution is -1.81. The Morgan fingerprint density at radius 1 is 1.41 bits per heavy atom. The maximum atomic E-state index is 8.33. The van der Waals surface area contributed by atoms with Crippen molar-refractivity contribution in [3.05, 3.63) is 46.2 Å². The van der Waals surface area contributed by atoms with E-state index in [0.29, 0.717) is 10.7 Å². The van der Waals surface area contributed by atoms with Gasteiger partial charge in [0.2, 0.25) is 0 Å². The average Bonchev–Trinajstić information content (AvgIpc) is 2.76. The molecule has 2 aromatic rings. The second kappa shape index (κ2) is 6.63. The molecular formula is C11H8ClN3OS. The van der Waals surface area contributed by atoms with Crippen LogP contribution in [0.1, 0.15) is 16.3 Å². The van der Waals surface area contributed by atoms with Crippen LogP contribution in [0.5, 0.6) is 0 Å². The zero-order chi connectivity index (χ0) is 11.2. The van der Waals surface area contributed by atoms with Crippen LogP contribution in [-0.2, 0) is 0 Å². The summed E-state index contributed by atoms with van der Waals surface area (Å²) in [6.07, 6.45) is 4.66. The number of pyridine rings is 1. The minimum atomic E-state index is 0. The minimum Gasteiger partial charge on any atom is -0.411 e. The van der Waals surface area contributed by atoms with Gasteiger partial charge >= 0.3 is 0 Å². The smallest absolute Gasteiger partial charge is 0.167 e. The SMILES string of the molecule is Cl.O/N=C\c1csc(C#Cc2cccnc2)n1. The minimum absolute atomic E-state index is 0. The van der Waals surface area contributed by atoms with E-state index in [0.717, 1.165) is 5.56 Å². The molecule has 0 saturated heterocycles. The first-order chi connectivity index (χ1) is 7.88. The summed E-state index contributed by atoms with van der Waals surface area (Å²) >= 11 is 1.40. The zero-order valence-electron chi connectivity index (χ0n) is 8.57. The summed E-state index contributed by atoms with van der Waals surface area (Å²) in [5, 5.41) is 13.7. The number of halogens is 1. The highest BCUT2D eigenvalue weighted by Gasteiger charge is 1.95. The lowest BCUT2D eigenvalue weighted by Gasteiger charge is -1.84. The normalized spacial score (nSPS) is 9.41. The Morgan fingerprint density at radius 3 is 3.00 bits per heavy atom. The Kier molecular flexibility index (Phi) is 5.14. The van der Waals surface area contributed by atoms with E-state index in [4.69, 9.17) is 5.21 Å². The van der Waals surface area contributed by atoms with Crippen LogP contribution in [0.3, 0.4) is 0 Å². The van der Waals surface area contributed by atoms with E-state index >= 15 is 0 Å². The van der Waals surface area contributed by atoms with Gasteiger partial charge in [-0.2, -0.15) is 0 Å². The molecule has 0 aliphatic rings. The second-order valence-corrected chi connectivity index (χ2v) is 3.67. The fourth-order valence-electron chi connectivity index (χ4n) is 1.02. The van der Waals surface area contributed by atoms with Gasteiger partial charge < -0.3 is 5.21 Å².